The zero-order valence-electron chi connectivity index (χ0n) is 13.5. The summed E-state index contributed by atoms with van der Waals surface area (Å²) < 4.78 is 3.21. The summed E-state index contributed by atoms with van der Waals surface area (Å²) in [6.45, 7) is 3.48. The van der Waals surface area contributed by atoms with Crippen LogP contribution in [0.25, 0.3) is 0 Å². The van der Waals surface area contributed by atoms with Crippen molar-refractivity contribution >= 4 is 35.0 Å². The number of thioether (sulfide) groups is 1. The Morgan fingerprint density at radius 3 is 2.74 bits per heavy atom. The molecule has 23 heavy (non-hydrogen) atoms. The average Bonchev–Trinajstić information content (AvgIpc) is 2.96. The van der Waals surface area contributed by atoms with E-state index >= 15 is 0 Å². The summed E-state index contributed by atoms with van der Waals surface area (Å²) in [5.74, 6) is 0. The molecule has 0 aliphatic carbocycles. The van der Waals surface area contributed by atoms with Crippen molar-refractivity contribution < 1.29 is 9.90 Å². The van der Waals surface area contributed by atoms with E-state index in [4.69, 9.17) is 0 Å². The minimum absolute atomic E-state index is 0.624. The third-order valence-electron chi connectivity index (χ3n) is 3.71. The van der Waals surface area contributed by atoms with Crippen molar-refractivity contribution in [1.82, 2.24) is 14.6 Å². The maximum Gasteiger partial charge on any atom is 0.429 e. The van der Waals surface area contributed by atoms with Gasteiger partial charge in [0, 0.05) is 26.6 Å². The summed E-state index contributed by atoms with van der Waals surface area (Å²) in [6.07, 6.45) is 1.54. The molecular formula is C15H22N4O2S2. The van der Waals surface area contributed by atoms with Crippen LogP contribution in [0.2, 0.25) is 0 Å². The largest absolute Gasteiger partial charge is 0.464 e. The van der Waals surface area contributed by atoms with Gasteiger partial charge in [-0.15, -0.1) is 5.10 Å². The van der Waals surface area contributed by atoms with Gasteiger partial charge in [0.25, 0.3) is 0 Å². The predicted octanol–water partition coefficient (Wildman–Crippen LogP) is 3.05. The summed E-state index contributed by atoms with van der Waals surface area (Å²) in [5, 5.41) is 16.0. The molecule has 126 valence electrons. The number of hydrogen-bond donors (Lipinski definition) is 2. The smallest absolute Gasteiger partial charge is 0.429 e. The van der Waals surface area contributed by atoms with E-state index in [1.165, 1.54) is 28.7 Å². The minimum atomic E-state index is -1.04. The first-order valence-corrected chi connectivity index (χ1v) is 9.42. The van der Waals surface area contributed by atoms with Crippen LogP contribution in [0.15, 0.2) is 35.4 Å². The van der Waals surface area contributed by atoms with Gasteiger partial charge in [0.15, 0.2) is 5.17 Å². The zero-order chi connectivity index (χ0) is 16.9. The Labute approximate surface area is 145 Å². The third kappa shape index (κ3) is 3.76. The second-order valence-corrected chi connectivity index (χ2v) is 7.03. The van der Waals surface area contributed by atoms with Gasteiger partial charge in [-0.3, -0.25) is 4.72 Å². The number of nitrogens with one attached hydrogen (secondary N) is 1. The van der Waals surface area contributed by atoms with Crippen LogP contribution in [0, 0.1) is 0 Å². The molecule has 1 amide bonds. The first-order chi connectivity index (χ1) is 11.0. The summed E-state index contributed by atoms with van der Waals surface area (Å²) in [5.41, 5.74) is 0.943. The molecule has 0 bridgehead atoms. The molecule has 1 aliphatic rings. The molecule has 1 aromatic rings. The first kappa shape index (κ1) is 18.0. The van der Waals surface area contributed by atoms with Crippen LogP contribution in [-0.2, 0) is 4.87 Å². The SMILES string of the molecule is CCN(C)C1=NN(C(=O)O)C(CCNSC)(c2ccccc2)S1. The number of nitrogens with zero attached hydrogens (tertiary/aromatic N) is 3. The fourth-order valence-corrected chi connectivity index (χ4v) is 4.05. The van der Waals surface area contributed by atoms with Gasteiger partial charge in [0.2, 0.25) is 0 Å². The lowest BCUT2D eigenvalue weighted by molar-refractivity contribution is 0.115. The second kappa shape index (κ2) is 7.94. The van der Waals surface area contributed by atoms with Crippen molar-refractivity contribution in [2.24, 2.45) is 5.10 Å². The maximum atomic E-state index is 11.8. The highest BCUT2D eigenvalue weighted by Crippen LogP contribution is 2.48. The first-order valence-electron chi connectivity index (χ1n) is 7.38. The highest BCUT2D eigenvalue weighted by molar-refractivity contribution is 8.14. The maximum absolute atomic E-state index is 11.8. The lowest BCUT2D eigenvalue weighted by Crippen LogP contribution is -2.42. The van der Waals surface area contributed by atoms with Gasteiger partial charge < -0.3 is 10.0 Å². The number of hydrazone groups is 1. The highest BCUT2D eigenvalue weighted by Gasteiger charge is 2.49. The van der Waals surface area contributed by atoms with Crippen LogP contribution >= 0.6 is 23.7 Å². The number of amidine groups is 1. The molecule has 8 heteroatoms. The average molecular weight is 355 g/mol. The van der Waals surface area contributed by atoms with Crippen molar-refractivity contribution in [2.45, 2.75) is 18.2 Å². The second-order valence-electron chi connectivity index (χ2n) is 5.09. The molecule has 1 aromatic carbocycles. The molecule has 2 rings (SSSR count). The van der Waals surface area contributed by atoms with Crippen LogP contribution in [0.1, 0.15) is 18.9 Å². The van der Waals surface area contributed by atoms with E-state index in [0.29, 0.717) is 13.0 Å². The van der Waals surface area contributed by atoms with Crippen molar-refractivity contribution in [3.05, 3.63) is 35.9 Å². The van der Waals surface area contributed by atoms with Crippen molar-refractivity contribution in [1.29, 1.82) is 0 Å². The van der Waals surface area contributed by atoms with Crippen molar-refractivity contribution in [3.63, 3.8) is 0 Å². The Bertz CT molecular complexity index is 570. The summed E-state index contributed by atoms with van der Waals surface area (Å²) >= 11 is 3.03. The number of hydrogen-bond acceptors (Lipinski definition) is 6. The van der Waals surface area contributed by atoms with E-state index in [-0.39, 0.29) is 0 Å². The van der Waals surface area contributed by atoms with E-state index in [1.54, 1.807) is 0 Å². The van der Waals surface area contributed by atoms with Crippen molar-refractivity contribution in [2.75, 3.05) is 26.4 Å². The third-order valence-corrected chi connectivity index (χ3v) is 5.72. The summed E-state index contributed by atoms with van der Waals surface area (Å²) in [4.78, 5) is 13.1. The van der Waals surface area contributed by atoms with Crippen molar-refractivity contribution in [3.8, 4) is 0 Å². The van der Waals surface area contributed by atoms with Gasteiger partial charge in [-0.2, -0.15) is 5.01 Å². The Kier molecular flexibility index (Phi) is 6.20. The molecule has 2 N–H and O–H groups in total. The van der Waals surface area contributed by atoms with E-state index in [0.717, 1.165) is 17.3 Å². The van der Waals surface area contributed by atoms with Crippen LogP contribution in [0.3, 0.4) is 0 Å². The zero-order valence-corrected chi connectivity index (χ0v) is 15.2. The summed E-state index contributed by atoms with van der Waals surface area (Å²) in [6, 6.07) is 9.73. The molecule has 0 fully saturated rings. The number of rotatable bonds is 6. The Balaban J connectivity index is 2.41. The molecule has 1 unspecified atom stereocenters. The topological polar surface area (TPSA) is 68.2 Å². The van der Waals surface area contributed by atoms with Gasteiger partial charge in [0.1, 0.15) is 4.87 Å². The Morgan fingerprint density at radius 2 is 2.17 bits per heavy atom. The van der Waals surface area contributed by atoms with Gasteiger partial charge in [-0.25, -0.2) is 4.79 Å². The molecule has 0 saturated carbocycles. The predicted molar refractivity (Wildman–Crippen MR) is 97.4 cm³/mol. The molecule has 0 saturated heterocycles. The fourth-order valence-electron chi connectivity index (χ4n) is 2.37. The van der Waals surface area contributed by atoms with E-state index < -0.39 is 11.0 Å². The van der Waals surface area contributed by atoms with Crippen LogP contribution in [0.5, 0.6) is 0 Å². The number of carboxylic acid groups (broad SMARTS) is 1. The normalized spacial score (nSPS) is 20.5. The Hall–Kier alpha value is -1.38. The van der Waals surface area contributed by atoms with E-state index in [9.17, 15) is 9.90 Å². The molecule has 0 aromatic heterocycles. The molecule has 0 radical (unpaired) electrons. The molecule has 6 nitrogen and oxygen atoms in total. The van der Waals surface area contributed by atoms with Gasteiger partial charge >= 0.3 is 6.09 Å². The molecular weight excluding hydrogens is 332 g/mol. The number of benzene rings is 1. The lowest BCUT2D eigenvalue weighted by Gasteiger charge is -2.34. The number of carbonyl (C=O) groups is 1. The molecule has 1 heterocycles. The van der Waals surface area contributed by atoms with Crippen LogP contribution in [0.4, 0.5) is 4.79 Å². The standard InChI is InChI=1S/C15H22N4O2S2/c1-4-18(2)13-17-19(14(20)21)15(23-13,10-11-16-22-3)12-8-6-5-7-9-12/h5-9,16H,4,10-11H2,1-3H3,(H,20,21). The van der Waals surface area contributed by atoms with Gasteiger partial charge in [-0.1, -0.05) is 54.0 Å². The Morgan fingerprint density at radius 1 is 1.48 bits per heavy atom. The molecule has 0 spiro atoms. The lowest BCUT2D eigenvalue weighted by atomic mass is 10.0. The monoisotopic (exact) mass is 354 g/mol. The fraction of sp³-hybridized carbons (Fsp3) is 0.467. The quantitative estimate of drug-likeness (QED) is 0.604. The van der Waals surface area contributed by atoms with E-state index in [1.807, 2.05) is 55.5 Å². The summed E-state index contributed by atoms with van der Waals surface area (Å²) in [7, 11) is 1.92. The highest BCUT2D eigenvalue weighted by atomic mass is 32.2. The molecule has 1 atom stereocenters. The van der Waals surface area contributed by atoms with Gasteiger partial charge in [-0.05, 0) is 18.7 Å². The van der Waals surface area contributed by atoms with Gasteiger partial charge in [0.05, 0.1) is 0 Å². The van der Waals surface area contributed by atoms with Crippen LogP contribution < -0.4 is 4.72 Å². The van der Waals surface area contributed by atoms with E-state index in [2.05, 4.69) is 9.82 Å². The van der Waals surface area contributed by atoms with Crippen LogP contribution in [-0.4, -0.2) is 52.7 Å². The number of amides is 1. The molecule has 1 aliphatic heterocycles. The minimum Gasteiger partial charge on any atom is -0.464 e.